The normalized spacial score (nSPS) is 17.1. The number of nitrogens with one attached hydrogen (secondary N) is 1. The number of furan rings is 1. The number of nitrogens with zero attached hydrogens (tertiary/aromatic N) is 2. The number of carbonyl (C=O) groups is 2. The molecule has 2 aliphatic rings. The fourth-order valence-electron chi connectivity index (χ4n) is 3.57. The summed E-state index contributed by atoms with van der Waals surface area (Å²) >= 11 is 0. The molecule has 3 heterocycles. The van der Waals surface area contributed by atoms with Gasteiger partial charge in [-0.15, -0.1) is 0 Å². The number of morpholine rings is 1. The SMILES string of the molecule is Cc1c(C(=O)Nc2cccnc2N2CCOCC2)oc2c1C(=O)CCC2. The molecule has 4 rings (SSSR count). The first-order valence-electron chi connectivity index (χ1n) is 8.89. The van der Waals surface area contributed by atoms with Crippen molar-refractivity contribution in [1.82, 2.24) is 4.98 Å². The number of fused-ring (bicyclic) bond motifs is 1. The Labute approximate surface area is 151 Å². The molecule has 0 spiro atoms. The minimum atomic E-state index is -0.354. The molecular weight excluding hydrogens is 334 g/mol. The third-order valence-electron chi connectivity index (χ3n) is 4.86. The standard InChI is InChI=1S/C19H21N3O4/c1-12-16-14(23)5-2-6-15(16)26-17(12)19(24)21-13-4-3-7-20-18(13)22-8-10-25-11-9-22/h3-4,7H,2,5-6,8-11H2,1H3,(H,21,24). The van der Waals surface area contributed by atoms with Gasteiger partial charge >= 0.3 is 0 Å². The molecule has 0 unspecified atom stereocenters. The number of anilines is 2. The molecule has 0 radical (unpaired) electrons. The number of hydrogen-bond acceptors (Lipinski definition) is 6. The fourth-order valence-corrected chi connectivity index (χ4v) is 3.57. The third kappa shape index (κ3) is 2.99. The second kappa shape index (κ2) is 6.92. The van der Waals surface area contributed by atoms with E-state index in [1.165, 1.54) is 0 Å². The summed E-state index contributed by atoms with van der Waals surface area (Å²) in [5.74, 6) is 1.26. The number of ether oxygens (including phenoxy) is 1. The lowest BCUT2D eigenvalue weighted by Gasteiger charge is -2.29. The van der Waals surface area contributed by atoms with Crippen LogP contribution < -0.4 is 10.2 Å². The van der Waals surface area contributed by atoms with Crippen LogP contribution in [0.5, 0.6) is 0 Å². The molecule has 2 aromatic rings. The Morgan fingerprint density at radius 2 is 2.08 bits per heavy atom. The average Bonchev–Trinajstić information content (AvgIpc) is 3.01. The number of aromatic nitrogens is 1. The summed E-state index contributed by atoms with van der Waals surface area (Å²) < 4.78 is 11.1. The molecule has 0 atom stereocenters. The highest BCUT2D eigenvalue weighted by atomic mass is 16.5. The van der Waals surface area contributed by atoms with Crippen molar-refractivity contribution < 1.29 is 18.7 Å². The Morgan fingerprint density at radius 3 is 2.85 bits per heavy atom. The summed E-state index contributed by atoms with van der Waals surface area (Å²) in [5, 5.41) is 2.90. The molecule has 0 bridgehead atoms. The molecule has 2 aromatic heterocycles. The molecule has 1 saturated heterocycles. The van der Waals surface area contributed by atoms with Crippen molar-refractivity contribution in [2.75, 3.05) is 36.5 Å². The van der Waals surface area contributed by atoms with Gasteiger partial charge in [0.2, 0.25) is 0 Å². The summed E-state index contributed by atoms with van der Waals surface area (Å²) in [7, 11) is 0. The minimum absolute atomic E-state index is 0.0573. The van der Waals surface area contributed by atoms with Crippen molar-refractivity contribution in [3.63, 3.8) is 0 Å². The van der Waals surface area contributed by atoms with Crippen LogP contribution in [0.3, 0.4) is 0 Å². The van der Waals surface area contributed by atoms with Crippen molar-refractivity contribution in [3.05, 3.63) is 41.0 Å². The van der Waals surface area contributed by atoms with Crippen LogP contribution in [0.4, 0.5) is 11.5 Å². The largest absolute Gasteiger partial charge is 0.455 e. The molecule has 26 heavy (non-hydrogen) atoms. The van der Waals surface area contributed by atoms with Crippen molar-refractivity contribution in [2.24, 2.45) is 0 Å². The molecule has 1 amide bonds. The summed E-state index contributed by atoms with van der Waals surface area (Å²) in [5.41, 5.74) is 1.83. The van der Waals surface area contributed by atoms with Gasteiger partial charge in [-0.1, -0.05) is 0 Å². The van der Waals surface area contributed by atoms with Gasteiger partial charge in [-0.05, 0) is 25.5 Å². The Balaban J connectivity index is 1.61. The maximum Gasteiger partial charge on any atom is 0.291 e. The molecule has 1 fully saturated rings. The maximum absolute atomic E-state index is 12.8. The Morgan fingerprint density at radius 1 is 1.27 bits per heavy atom. The number of Topliss-reactive ketones (excluding diaryl/α,β-unsaturated/α-hetero) is 1. The van der Waals surface area contributed by atoms with Gasteiger partial charge in [0.25, 0.3) is 5.91 Å². The smallest absolute Gasteiger partial charge is 0.291 e. The van der Waals surface area contributed by atoms with E-state index in [4.69, 9.17) is 9.15 Å². The molecule has 7 heteroatoms. The van der Waals surface area contributed by atoms with E-state index in [9.17, 15) is 9.59 Å². The maximum atomic E-state index is 12.8. The number of ketones is 1. The molecule has 0 aromatic carbocycles. The highest BCUT2D eigenvalue weighted by Gasteiger charge is 2.29. The summed E-state index contributed by atoms with van der Waals surface area (Å²) in [6.45, 7) is 4.49. The minimum Gasteiger partial charge on any atom is -0.455 e. The van der Waals surface area contributed by atoms with E-state index in [0.29, 0.717) is 54.4 Å². The summed E-state index contributed by atoms with van der Waals surface area (Å²) in [4.78, 5) is 31.5. The molecule has 1 aliphatic carbocycles. The first-order valence-corrected chi connectivity index (χ1v) is 8.89. The van der Waals surface area contributed by atoms with Crippen LogP contribution in [-0.2, 0) is 11.2 Å². The lowest BCUT2D eigenvalue weighted by Crippen LogP contribution is -2.37. The lowest BCUT2D eigenvalue weighted by molar-refractivity contribution is 0.0963. The topological polar surface area (TPSA) is 84.7 Å². The summed E-state index contributed by atoms with van der Waals surface area (Å²) in [6, 6.07) is 3.60. The number of rotatable bonds is 3. The Bertz CT molecular complexity index is 852. The molecule has 0 saturated carbocycles. The van der Waals surface area contributed by atoms with Crippen LogP contribution in [0, 0.1) is 6.92 Å². The first kappa shape index (κ1) is 16.8. The fraction of sp³-hybridized carbons (Fsp3) is 0.421. The van der Waals surface area contributed by atoms with Gasteiger partial charge in [-0.25, -0.2) is 4.98 Å². The van der Waals surface area contributed by atoms with E-state index in [2.05, 4.69) is 15.2 Å². The van der Waals surface area contributed by atoms with Gasteiger partial charge < -0.3 is 19.4 Å². The van der Waals surface area contributed by atoms with Gasteiger partial charge in [-0.2, -0.15) is 0 Å². The van der Waals surface area contributed by atoms with E-state index < -0.39 is 0 Å². The zero-order valence-electron chi connectivity index (χ0n) is 14.7. The van der Waals surface area contributed by atoms with Crippen molar-refractivity contribution in [3.8, 4) is 0 Å². The second-order valence-corrected chi connectivity index (χ2v) is 6.56. The van der Waals surface area contributed by atoms with Gasteiger partial charge in [0.1, 0.15) is 5.76 Å². The van der Waals surface area contributed by atoms with Crippen LogP contribution in [0.1, 0.15) is 45.1 Å². The highest BCUT2D eigenvalue weighted by molar-refractivity contribution is 6.08. The number of hydrogen-bond donors (Lipinski definition) is 1. The average molecular weight is 355 g/mol. The highest BCUT2D eigenvalue weighted by Crippen LogP contribution is 2.31. The van der Waals surface area contributed by atoms with Crippen LogP contribution >= 0.6 is 0 Å². The quantitative estimate of drug-likeness (QED) is 0.911. The number of carbonyl (C=O) groups excluding carboxylic acids is 2. The number of pyridine rings is 1. The second-order valence-electron chi connectivity index (χ2n) is 6.56. The van der Waals surface area contributed by atoms with Gasteiger partial charge in [0.15, 0.2) is 17.4 Å². The van der Waals surface area contributed by atoms with Crippen LogP contribution in [0.2, 0.25) is 0 Å². The van der Waals surface area contributed by atoms with Crippen molar-refractivity contribution in [2.45, 2.75) is 26.2 Å². The lowest BCUT2D eigenvalue weighted by atomic mass is 9.94. The predicted octanol–water partition coefficient (Wildman–Crippen LogP) is 2.59. The van der Waals surface area contributed by atoms with E-state index in [1.807, 2.05) is 6.07 Å². The van der Waals surface area contributed by atoms with E-state index in [0.717, 1.165) is 19.5 Å². The molecular formula is C19H21N3O4. The van der Waals surface area contributed by atoms with Crippen LogP contribution in [0.25, 0.3) is 0 Å². The Kier molecular flexibility index (Phi) is 4.46. The molecule has 7 nitrogen and oxygen atoms in total. The van der Waals surface area contributed by atoms with E-state index >= 15 is 0 Å². The van der Waals surface area contributed by atoms with E-state index in [-0.39, 0.29) is 17.5 Å². The summed E-state index contributed by atoms with van der Waals surface area (Å²) in [6.07, 6.45) is 3.68. The zero-order chi connectivity index (χ0) is 18.1. The predicted molar refractivity (Wildman–Crippen MR) is 95.9 cm³/mol. The van der Waals surface area contributed by atoms with Crippen molar-refractivity contribution >= 4 is 23.2 Å². The van der Waals surface area contributed by atoms with Crippen LogP contribution in [-0.4, -0.2) is 43.0 Å². The number of amides is 1. The molecule has 136 valence electrons. The zero-order valence-corrected chi connectivity index (χ0v) is 14.7. The van der Waals surface area contributed by atoms with Gasteiger partial charge in [-0.3, -0.25) is 9.59 Å². The van der Waals surface area contributed by atoms with Crippen LogP contribution in [0.15, 0.2) is 22.7 Å². The monoisotopic (exact) mass is 355 g/mol. The molecule has 1 N–H and O–H groups in total. The van der Waals surface area contributed by atoms with Gasteiger partial charge in [0.05, 0.1) is 24.5 Å². The Hall–Kier alpha value is -2.67. The molecule has 1 aliphatic heterocycles. The first-order chi connectivity index (χ1) is 12.6. The van der Waals surface area contributed by atoms with E-state index in [1.54, 1.807) is 19.2 Å². The number of aryl methyl sites for hydroxylation is 1. The third-order valence-corrected chi connectivity index (χ3v) is 4.86. The van der Waals surface area contributed by atoms with Crippen molar-refractivity contribution in [1.29, 1.82) is 0 Å². The van der Waals surface area contributed by atoms with Gasteiger partial charge in [0, 0.05) is 37.7 Å².